The summed E-state index contributed by atoms with van der Waals surface area (Å²) in [7, 11) is 0. The van der Waals surface area contributed by atoms with Crippen molar-refractivity contribution >= 4 is 35.1 Å². The maximum Gasteiger partial charge on any atom is 0.242 e. The Hall–Kier alpha value is -0.910. The van der Waals surface area contributed by atoms with Gasteiger partial charge < -0.3 is 5.32 Å². The molecule has 1 amide bonds. The van der Waals surface area contributed by atoms with Crippen molar-refractivity contribution in [3.05, 3.63) is 36.9 Å². The van der Waals surface area contributed by atoms with Crippen molar-refractivity contribution in [2.75, 3.05) is 22.7 Å². The van der Waals surface area contributed by atoms with Crippen molar-refractivity contribution in [1.82, 2.24) is 5.32 Å². The van der Waals surface area contributed by atoms with Gasteiger partial charge in [0.05, 0.1) is 11.7 Å². The van der Waals surface area contributed by atoms with Gasteiger partial charge in [-0.15, -0.1) is 30.1 Å². The summed E-state index contributed by atoms with van der Waals surface area (Å²) in [6.45, 7) is 3.71. The molecule has 2 rings (SSSR count). The molecule has 0 aromatic heterocycles. The Morgan fingerprint density at radius 3 is 3.17 bits per heavy atom. The van der Waals surface area contributed by atoms with Crippen LogP contribution >= 0.6 is 23.5 Å². The van der Waals surface area contributed by atoms with Crippen molar-refractivity contribution < 1.29 is 4.79 Å². The molecule has 1 unspecified atom stereocenters. The lowest BCUT2D eigenvalue weighted by Gasteiger charge is -2.13. The van der Waals surface area contributed by atoms with E-state index in [2.05, 4.69) is 17.2 Å². The predicted octanol–water partition coefficient (Wildman–Crippen LogP) is 2.57. The van der Waals surface area contributed by atoms with Crippen molar-refractivity contribution in [3.63, 3.8) is 0 Å². The largest absolute Gasteiger partial charge is 0.324 e. The van der Waals surface area contributed by atoms with E-state index in [1.54, 1.807) is 23.5 Å². The number of hydrogen-bond donors (Lipinski definition) is 2. The Balaban J connectivity index is 2.03. The number of carbonyl (C=O) groups is 1. The molecule has 0 bridgehead atoms. The topological polar surface area (TPSA) is 41.1 Å². The van der Waals surface area contributed by atoms with Gasteiger partial charge in [-0.05, 0) is 12.1 Å². The zero-order chi connectivity index (χ0) is 12.8. The molecule has 18 heavy (non-hydrogen) atoms. The summed E-state index contributed by atoms with van der Waals surface area (Å²) < 4.78 is 0. The van der Waals surface area contributed by atoms with E-state index in [0.29, 0.717) is 0 Å². The molecule has 0 saturated carbocycles. The zero-order valence-corrected chi connectivity index (χ0v) is 11.7. The maximum absolute atomic E-state index is 12.0. The lowest BCUT2D eigenvalue weighted by Crippen LogP contribution is -2.37. The van der Waals surface area contributed by atoms with Gasteiger partial charge in [-0.2, -0.15) is 0 Å². The first kappa shape index (κ1) is 13.5. The van der Waals surface area contributed by atoms with Gasteiger partial charge in [-0.25, -0.2) is 0 Å². The van der Waals surface area contributed by atoms with Crippen molar-refractivity contribution in [2.24, 2.45) is 0 Å². The highest BCUT2D eigenvalue weighted by Gasteiger charge is 2.22. The first-order chi connectivity index (χ1) is 8.81. The summed E-state index contributed by atoms with van der Waals surface area (Å²) in [6, 6.07) is 7.79. The number of para-hydroxylation sites is 1. The second-order valence-corrected chi connectivity index (χ2v) is 5.95. The highest BCUT2D eigenvalue weighted by Crippen LogP contribution is 2.27. The highest BCUT2D eigenvalue weighted by molar-refractivity contribution is 7.99. The van der Waals surface area contributed by atoms with Crippen molar-refractivity contribution in [3.8, 4) is 0 Å². The van der Waals surface area contributed by atoms with Crippen molar-refractivity contribution in [1.29, 1.82) is 0 Å². The molecule has 96 valence electrons. The van der Waals surface area contributed by atoms with E-state index in [0.717, 1.165) is 28.0 Å². The summed E-state index contributed by atoms with van der Waals surface area (Å²) in [5.41, 5.74) is 0.882. The first-order valence-corrected chi connectivity index (χ1v) is 7.90. The second-order valence-electron chi connectivity index (χ2n) is 3.86. The average Bonchev–Trinajstić information content (AvgIpc) is 2.91. The van der Waals surface area contributed by atoms with Crippen LogP contribution in [0.5, 0.6) is 0 Å². The number of carbonyl (C=O) groups excluding carboxylic acids is 1. The number of anilines is 1. The summed E-state index contributed by atoms with van der Waals surface area (Å²) in [6.07, 6.45) is 1.86. The molecule has 2 N–H and O–H groups in total. The lowest BCUT2D eigenvalue weighted by molar-refractivity contribution is -0.117. The van der Waals surface area contributed by atoms with E-state index < -0.39 is 0 Å². The molecule has 0 radical (unpaired) electrons. The Kier molecular flexibility index (Phi) is 5.16. The molecule has 3 nitrogen and oxygen atoms in total. The number of thioether (sulfide) groups is 2. The number of nitrogens with one attached hydrogen (secondary N) is 2. The molecule has 1 aliphatic rings. The van der Waals surface area contributed by atoms with Gasteiger partial charge in [-0.1, -0.05) is 18.2 Å². The zero-order valence-electron chi connectivity index (χ0n) is 10.0. The van der Waals surface area contributed by atoms with E-state index >= 15 is 0 Å². The molecule has 5 heteroatoms. The Labute approximate surface area is 116 Å². The second kappa shape index (κ2) is 6.87. The van der Waals surface area contributed by atoms with Gasteiger partial charge in [0.15, 0.2) is 0 Å². The first-order valence-electron chi connectivity index (χ1n) is 5.76. The fourth-order valence-electron chi connectivity index (χ4n) is 1.63. The van der Waals surface area contributed by atoms with Crippen LogP contribution in [-0.4, -0.2) is 29.3 Å². The van der Waals surface area contributed by atoms with Crippen LogP contribution in [0.1, 0.15) is 0 Å². The minimum Gasteiger partial charge on any atom is -0.324 e. The SMILES string of the molecule is C=CCSc1ccccc1NC(=O)C1CSCN1. The Bertz CT molecular complexity index is 431. The molecule has 1 heterocycles. The van der Waals surface area contributed by atoms with Crippen LogP contribution in [0, 0.1) is 0 Å². The third kappa shape index (κ3) is 3.54. The quantitative estimate of drug-likeness (QED) is 0.642. The van der Waals surface area contributed by atoms with E-state index in [4.69, 9.17) is 0 Å². The minimum absolute atomic E-state index is 0.0478. The van der Waals surface area contributed by atoms with Crippen LogP contribution in [0.25, 0.3) is 0 Å². The van der Waals surface area contributed by atoms with Gasteiger partial charge in [-0.3, -0.25) is 10.1 Å². The molecule has 1 atom stereocenters. The smallest absolute Gasteiger partial charge is 0.242 e. The van der Waals surface area contributed by atoms with Crippen LogP contribution in [0.15, 0.2) is 41.8 Å². The molecule has 1 aliphatic heterocycles. The third-order valence-corrected chi connectivity index (χ3v) is 4.54. The van der Waals surface area contributed by atoms with Gasteiger partial charge >= 0.3 is 0 Å². The monoisotopic (exact) mass is 280 g/mol. The van der Waals surface area contributed by atoms with Crippen LogP contribution in [-0.2, 0) is 4.79 Å². The van der Waals surface area contributed by atoms with E-state index in [1.807, 2.05) is 30.3 Å². The highest BCUT2D eigenvalue weighted by atomic mass is 32.2. The van der Waals surface area contributed by atoms with E-state index in [-0.39, 0.29) is 11.9 Å². The summed E-state index contributed by atoms with van der Waals surface area (Å²) in [5, 5.41) is 6.16. The normalized spacial score (nSPS) is 18.6. The van der Waals surface area contributed by atoms with Crippen LogP contribution in [0.2, 0.25) is 0 Å². The van der Waals surface area contributed by atoms with Crippen LogP contribution in [0.4, 0.5) is 5.69 Å². The molecule has 0 aliphatic carbocycles. The Morgan fingerprint density at radius 1 is 1.61 bits per heavy atom. The lowest BCUT2D eigenvalue weighted by atomic mass is 10.2. The number of hydrogen-bond acceptors (Lipinski definition) is 4. The fraction of sp³-hybridized carbons (Fsp3) is 0.308. The van der Waals surface area contributed by atoms with Gasteiger partial charge in [0.1, 0.15) is 0 Å². The van der Waals surface area contributed by atoms with Gasteiger partial charge in [0, 0.05) is 22.3 Å². The van der Waals surface area contributed by atoms with Crippen molar-refractivity contribution in [2.45, 2.75) is 10.9 Å². The summed E-state index contributed by atoms with van der Waals surface area (Å²) >= 11 is 3.42. The maximum atomic E-state index is 12.0. The average molecular weight is 280 g/mol. The van der Waals surface area contributed by atoms with Crippen LogP contribution in [0.3, 0.4) is 0 Å². The molecule has 1 fully saturated rings. The summed E-state index contributed by atoms with van der Waals surface area (Å²) in [4.78, 5) is 13.1. The molecule has 1 saturated heterocycles. The van der Waals surface area contributed by atoms with E-state index in [9.17, 15) is 4.79 Å². The predicted molar refractivity (Wildman–Crippen MR) is 80.2 cm³/mol. The molecule has 0 spiro atoms. The number of benzene rings is 1. The fourth-order valence-corrected chi connectivity index (χ4v) is 3.32. The summed E-state index contributed by atoms with van der Waals surface area (Å²) in [5.74, 6) is 2.58. The molecule has 1 aromatic rings. The molecule has 1 aromatic carbocycles. The van der Waals surface area contributed by atoms with E-state index in [1.165, 1.54) is 0 Å². The minimum atomic E-state index is -0.0764. The van der Waals surface area contributed by atoms with Gasteiger partial charge in [0.2, 0.25) is 5.91 Å². The number of rotatable bonds is 5. The van der Waals surface area contributed by atoms with Gasteiger partial charge in [0.25, 0.3) is 0 Å². The third-order valence-electron chi connectivity index (χ3n) is 2.53. The molecular weight excluding hydrogens is 264 g/mol. The standard InChI is InChI=1S/C13H16N2OS2/c1-2-7-18-12-6-4-3-5-10(12)15-13(16)11-8-17-9-14-11/h2-6,11,14H,1,7-9H2,(H,15,16). The number of amides is 1. The molecular formula is C13H16N2OS2. The Morgan fingerprint density at radius 2 is 2.44 bits per heavy atom. The van der Waals surface area contributed by atoms with Crippen LogP contribution < -0.4 is 10.6 Å².